The number of alkyl halides is 2. The number of hydrogen-bond donors (Lipinski definition) is 0. The van der Waals surface area contributed by atoms with Gasteiger partial charge < -0.3 is 0 Å². The SMILES string of the molecule is CC(C)[C@@H]1CCCCC1(F)F. The molecule has 0 aliphatic heterocycles. The molecule has 0 unspecified atom stereocenters. The number of halogens is 2. The Morgan fingerprint density at radius 1 is 1.27 bits per heavy atom. The highest BCUT2D eigenvalue weighted by Crippen LogP contribution is 2.42. The summed E-state index contributed by atoms with van der Waals surface area (Å²) in [5.74, 6) is -2.62. The standard InChI is InChI=1S/C9H16F2/c1-7(2)8-5-3-4-6-9(8,10)11/h7-8H,3-6H2,1-2H3/t8-/m0/s1. The molecule has 0 N–H and O–H groups in total. The molecule has 1 aliphatic rings. The molecule has 1 aliphatic carbocycles. The fraction of sp³-hybridized carbons (Fsp3) is 1.00. The maximum Gasteiger partial charge on any atom is 0.251 e. The molecule has 0 aromatic carbocycles. The molecule has 0 aromatic heterocycles. The zero-order valence-electron chi connectivity index (χ0n) is 7.24. The zero-order chi connectivity index (χ0) is 8.48. The van der Waals surface area contributed by atoms with Crippen LogP contribution in [0.5, 0.6) is 0 Å². The Kier molecular flexibility index (Phi) is 2.50. The van der Waals surface area contributed by atoms with Crippen LogP contribution < -0.4 is 0 Å². The summed E-state index contributed by atoms with van der Waals surface area (Å²) in [7, 11) is 0. The molecule has 0 nitrogen and oxygen atoms in total. The Morgan fingerprint density at radius 3 is 2.27 bits per heavy atom. The lowest BCUT2D eigenvalue weighted by Crippen LogP contribution is -2.35. The van der Waals surface area contributed by atoms with Crippen molar-refractivity contribution in [2.45, 2.75) is 45.5 Å². The highest BCUT2D eigenvalue weighted by molar-refractivity contribution is 4.83. The molecule has 0 bridgehead atoms. The summed E-state index contributed by atoms with van der Waals surface area (Å²) < 4.78 is 26.2. The monoisotopic (exact) mass is 162 g/mol. The second kappa shape index (κ2) is 3.08. The summed E-state index contributed by atoms with van der Waals surface area (Å²) in [5.41, 5.74) is 0. The molecule has 0 radical (unpaired) electrons. The Morgan fingerprint density at radius 2 is 1.91 bits per heavy atom. The van der Waals surface area contributed by atoms with E-state index in [4.69, 9.17) is 0 Å². The molecule has 0 saturated heterocycles. The van der Waals surface area contributed by atoms with Crippen LogP contribution in [0.15, 0.2) is 0 Å². The minimum atomic E-state index is -2.38. The van der Waals surface area contributed by atoms with Crippen molar-refractivity contribution in [3.63, 3.8) is 0 Å². The van der Waals surface area contributed by atoms with E-state index in [1.165, 1.54) is 0 Å². The van der Waals surface area contributed by atoms with E-state index in [2.05, 4.69) is 0 Å². The highest BCUT2D eigenvalue weighted by Gasteiger charge is 2.42. The van der Waals surface area contributed by atoms with E-state index in [1.807, 2.05) is 13.8 Å². The van der Waals surface area contributed by atoms with Gasteiger partial charge in [0.1, 0.15) is 0 Å². The summed E-state index contributed by atoms with van der Waals surface area (Å²) >= 11 is 0. The predicted octanol–water partition coefficient (Wildman–Crippen LogP) is 3.47. The first kappa shape index (κ1) is 8.95. The van der Waals surface area contributed by atoms with Gasteiger partial charge in [-0.15, -0.1) is 0 Å². The van der Waals surface area contributed by atoms with Crippen molar-refractivity contribution >= 4 is 0 Å². The fourth-order valence-corrected chi connectivity index (χ4v) is 1.94. The molecule has 66 valence electrons. The van der Waals surface area contributed by atoms with Crippen LogP contribution in [0.3, 0.4) is 0 Å². The van der Waals surface area contributed by atoms with Crippen molar-refractivity contribution in [3.05, 3.63) is 0 Å². The average Bonchev–Trinajstić information content (AvgIpc) is 1.85. The van der Waals surface area contributed by atoms with Crippen LogP contribution in [0.2, 0.25) is 0 Å². The molecular formula is C9H16F2. The first-order valence-corrected chi connectivity index (χ1v) is 4.42. The van der Waals surface area contributed by atoms with Crippen molar-refractivity contribution in [3.8, 4) is 0 Å². The van der Waals surface area contributed by atoms with Gasteiger partial charge in [0.25, 0.3) is 5.92 Å². The predicted molar refractivity (Wildman–Crippen MR) is 41.7 cm³/mol. The van der Waals surface area contributed by atoms with Crippen LogP contribution >= 0.6 is 0 Å². The molecule has 1 rings (SSSR count). The molecule has 11 heavy (non-hydrogen) atoms. The zero-order valence-corrected chi connectivity index (χ0v) is 7.24. The normalized spacial score (nSPS) is 30.8. The summed E-state index contributed by atoms with van der Waals surface area (Å²) in [5, 5.41) is 0. The largest absolute Gasteiger partial charge is 0.251 e. The number of hydrogen-bond acceptors (Lipinski definition) is 0. The third-order valence-electron chi connectivity index (χ3n) is 2.62. The maximum absolute atomic E-state index is 13.1. The first-order valence-electron chi connectivity index (χ1n) is 4.42. The second-order valence-electron chi connectivity index (χ2n) is 3.86. The minimum Gasteiger partial charge on any atom is -0.207 e. The van der Waals surface area contributed by atoms with Gasteiger partial charge in [-0.3, -0.25) is 0 Å². The molecular weight excluding hydrogens is 146 g/mol. The van der Waals surface area contributed by atoms with Gasteiger partial charge >= 0.3 is 0 Å². The third kappa shape index (κ3) is 1.91. The minimum absolute atomic E-state index is 0.107. The Bertz CT molecular complexity index is 130. The van der Waals surface area contributed by atoms with E-state index in [-0.39, 0.29) is 18.3 Å². The molecule has 0 heterocycles. The maximum atomic E-state index is 13.1. The number of rotatable bonds is 1. The lowest BCUT2D eigenvalue weighted by atomic mass is 9.79. The summed E-state index contributed by atoms with van der Waals surface area (Å²) in [4.78, 5) is 0. The summed E-state index contributed by atoms with van der Waals surface area (Å²) in [6, 6.07) is 0. The Labute approximate surface area is 67.0 Å². The smallest absolute Gasteiger partial charge is 0.207 e. The molecule has 2 heteroatoms. The van der Waals surface area contributed by atoms with E-state index in [9.17, 15) is 8.78 Å². The quantitative estimate of drug-likeness (QED) is 0.553. The van der Waals surface area contributed by atoms with Crippen molar-refractivity contribution < 1.29 is 8.78 Å². The highest BCUT2D eigenvalue weighted by atomic mass is 19.3. The van der Waals surface area contributed by atoms with Gasteiger partial charge in [0.2, 0.25) is 0 Å². The first-order chi connectivity index (χ1) is 5.04. The summed E-state index contributed by atoms with van der Waals surface area (Å²) in [6.45, 7) is 3.79. The van der Waals surface area contributed by atoms with Gasteiger partial charge in [0, 0.05) is 12.3 Å². The third-order valence-corrected chi connectivity index (χ3v) is 2.62. The van der Waals surface area contributed by atoms with Crippen molar-refractivity contribution in [1.82, 2.24) is 0 Å². The van der Waals surface area contributed by atoms with Crippen LogP contribution in [-0.2, 0) is 0 Å². The van der Waals surface area contributed by atoms with E-state index >= 15 is 0 Å². The van der Waals surface area contributed by atoms with Crippen LogP contribution in [-0.4, -0.2) is 5.92 Å². The Balaban J connectivity index is 2.60. The Hall–Kier alpha value is -0.140. The summed E-state index contributed by atoms with van der Waals surface area (Å²) in [6.07, 6.45) is 2.51. The van der Waals surface area contributed by atoms with Gasteiger partial charge in [-0.1, -0.05) is 20.3 Å². The lowest BCUT2D eigenvalue weighted by molar-refractivity contribution is -0.101. The van der Waals surface area contributed by atoms with E-state index in [0.717, 1.165) is 6.42 Å². The molecule has 1 fully saturated rings. The van der Waals surface area contributed by atoms with E-state index < -0.39 is 5.92 Å². The van der Waals surface area contributed by atoms with Crippen molar-refractivity contribution in [1.29, 1.82) is 0 Å². The molecule has 1 saturated carbocycles. The van der Waals surface area contributed by atoms with Crippen LogP contribution in [0.4, 0.5) is 8.78 Å². The fourth-order valence-electron chi connectivity index (χ4n) is 1.94. The lowest BCUT2D eigenvalue weighted by Gasteiger charge is -2.33. The van der Waals surface area contributed by atoms with Crippen LogP contribution in [0, 0.1) is 11.8 Å². The van der Waals surface area contributed by atoms with Gasteiger partial charge in [-0.05, 0) is 18.8 Å². The van der Waals surface area contributed by atoms with Gasteiger partial charge in [-0.2, -0.15) is 0 Å². The molecule has 0 spiro atoms. The molecule has 0 amide bonds. The van der Waals surface area contributed by atoms with Gasteiger partial charge in [-0.25, -0.2) is 8.78 Å². The molecule has 1 atom stereocenters. The van der Waals surface area contributed by atoms with Gasteiger partial charge in [0.05, 0.1) is 0 Å². The van der Waals surface area contributed by atoms with Crippen molar-refractivity contribution in [2.24, 2.45) is 11.8 Å². The van der Waals surface area contributed by atoms with Crippen LogP contribution in [0.1, 0.15) is 39.5 Å². The molecule has 0 aromatic rings. The topological polar surface area (TPSA) is 0 Å². The van der Waals surface area contributed by atoms with Crippen molar-refractivity contribution in [2.75, 3.05) is 0 Å². The second-order valence-corrected chi connectivity index (χ2v) is 3.86. The average molecular weight is 162 g/mol. The van der Waals surface area contributed by atoms with Gasteiger partial charge in [0.15, 0.2) is 0 Å². The van der Waals surface area contributed by atoms with Crippen LogP contribution in [0.25, 0.3) is 0 Å². The van der Waals surface area contributed by atoms with E-state index in [1.54, 1.807) is 0 Å². The van der Waals surface area contributed by atoms with E-state index in [0.29, 0.717) is 12.8 Å².